The Hall–Kier alpha value is -1.49. The molecule has 1 spiro atoms. The molecule has 2 heterocycles. The van der Waals surface area contributed by atoms with Crippen LogP contribution >= 0.6 is 0 Å². The number of carbonyl (C=O) groups is 2. The van der Waals surface area contributed by atoms with Crippen molar-refractivity contribution in [3.05, 3.63) is 71.8 Å². The van der Waals surface area contributed by atoms with E-state index in [0.717, 1.165) is 11.1 Å². The first kappa shape index (κ1) is 30.5. The maximum atomic E-state index is 13.9. The van der Waals surface area contributed by atoms with Gasteiger partial charge in [0.2, 0.25) is 5.91 Å². The van der Waals surface area contributed by atoms with Crippen LogP contribution in [0, 0.1) is 5.41 Å². The average molecular weight is 579 g/mol. The number of β-lactam (4-membered cyclic amide) rings is 1. The molecule has 10 heteroatoms. The zero-order valence-corrected chi connectivity index (χ0v) is 27.9. The van der Waals surface area contributed by atoms with E-state index in [-0.39, 0.29) is 40.5 Å². The third kappa shape index (κ3) is 4.48. The minimum absolute atomic E-state index is 0. The third-order valence-corrected chi connectivity index (χ3v) is 16.5. The van der Waals surface area contributed by atoms with E-state index >= 15 is 0 Å². The Morgan fingerprint density at radius 3 is 1.95 bits per heavy atom. The molecular weight excluding hydrogens is 541 g/mol. The summed E-state index contributed by atoms with van der Waals surface area (Å²) in [5, 5.41) is -1.15. The van der Waals surface area contributed by atoms with Crippen LogP contribution in [0.1, 0.15) is 58.3 Å². The van der Waals surface area contributed by atoms with Gasteiger partial charge < -0.3 is 14.1 Å². The summed E-state index contributed by atoms with van der Waals surface area (Å²) < 4.78 is 38.8. The van der Waals surface area contributed by atoms with Crippen LogP contribution in [0.3, 0.4) is 0 Å². The summed E-state index contributed by atoms with van der Waals surface area (Å²) in [6, 6.07) is 17.4. The van der Waals surface area contributed by atoms with Crippen LogP contribution in [-0.2, 0) is 28.6 Å². The molecular formula is C29H37NNaO6SSi+. The Kier molecular flexibility index (Phi) is 7.66. The molecule has 7 nitrogen and oxygen atoms in total. The van der Waals surface area contributed by atoms with Gasteiger partial charge in [-0.05, 0) is 49.5 Å². The van der Waals surface area contributed by atoms with Gasteiger partial charge in [-0.3, -0.25) is 4.79 Å². The van der Waals surface area contributed by atoms with Gasteiger partial charge in [0.25, 0.3) is 0 Å². The van der Waals surface area contributed by atoms with E-state index in [0.29, 0.717) is 6.42 Å². The number of fused-ring (bicyclic) bond motifs is 2. The van der Waals surface area contributed by atoms with Crippen molar-refractivity contribution in [1.82, 2.24) is 4.90 Å². The van der Waals surface area contributed by atoms with Gasteiger partial charge in [-0.2, -0.15) is 0 Å². The summed E-state index contributed by atoms with van der Waals surface area (Å²) in [4.78, 5) is 28.8. The van der Waals surface area contributed by atoms with Crippen molar-refractivity contribution < 1.29 is 56.7 Å². The molecule has 1 saturated carbocycles. The molecule has 39 heavy (non-hydrogen) atoms. The molecule has 4 atom stereocenters. The number of carbonyl (C=O) groups excluding carboxylic acids is 2. The first-order chi connectivity index (χ1) is 17.6. The van der Waals surface area contributed by atoms with E-state index in [1.807, 2.05) is 60.7 Å². The van der Waals surface area contributed by atoms with E-state index in [1.165, 1.54) is 18.7 Å². The minimum Gasteiger partial charge on any atom is -0.451 e. The Bertz CT molecular complexity index is 1340. The van der Waals surface area contributed by atoms with Crippen molar-refractivity contribution in [2.45, 2.75) is 87.5 Å². The molecule has 0 aromatic heterocycles. The molecule has 2 aliphatic heterocycles. The molecule has 204 valence electrons. The molecule has 1 aliphatic carbocycles. The van der Waals surface area contributed by atoms with Gasteiger partial charge >= 0.3 is 35.5 Å². The zero-order chi connectivity index (χ0) is 27.9. The molecule has 1 amide bonds. The predicted octanol–water partition coefficient (Wildman–Crippen LogP) is 1.85. The monoisotopic (exact) mass is 578 g/mol. The first-order valence-corrected chi connectivity index (χ1v) is 17.6. The summed E-state index contributed by atoms with van der Waals surface area (Å²) in [6.45, 7) is 13.6. The van der Waals surface area contributed by atoms with Crippen molar-refractivity contribution in [3.63, 3.8) is 0 Å². The minimum atomic E-state index is -3.89. The first-order valence-electron chi connectivity index (χ1n) is 13.1. The average Bonchev–Trinajstić information content (AvgIpc) is 3.53. The fourth-order valence-corrected chi connectivity index (χ4v) is 9.54. The van der Waals surface area contributed by atoms with Gasteiger partial charge in [-0.25, -0.2) is 13.2 Å². The Balaban J connectivity index is 0.00000353. The normalized spacial score (nSPS) is 28.5. The second-order valence-electron chi connectivity index (χ2n) is 12.9. The van der Waals surface area contributed by atoms with E-state index in [4.69, 9.17) is 9.16 Å². The number of esters is 1. The number of amides is 1. The van der Waals surface area contributed by atoms with Crippen LogP contribution in [-0.4, -0.2) is 55.8 Å². The van der Waals surface area contributed by atoms with Gasteiger partial charge in [0.05, 0.1) is 10.9 Å². The summed E-state index contributed by atoms with van der Waals surface area (Å²) >= 11 is 0. The summed E-state index contributed by atoms with van der Waals surface area (Å²) in [7, 11) is -6.11. The van der Waals surface area contributed by atoms with Crippen LogP contribution < -0.4 is 29.6 Å². The maximum absolute atomic E-state index is 13.9. The molecule has 2 aromatic carbocycles. The molecule has 3 aliphatic rings. The van der Waals surface area contributed by atoms with Crippen molar-refractivity contribution in [2.75, 3.05) is 0 Å². The molecule has 3 fully saturated rings. The van der Waals surface area contributed by atoms with Crippen molar-refractivity contribution in [1.29, 1.82) is 0 Å². The van der Waals surface area contributed by atoms with Crippen LogP contribution in [0.5, 0.6) is 0 Å². The van der Waals surface area contributed by atoms with Crippen LogP contribution in [0.25, 0.3) is 0 Å². The van der Waals surface area contributed by atoms with Gasteiger partial charge in [-0.1, -0.05) is 81.4 Å². The topological polar surface area (TPSA) is 90.0 Å². The number of sulfone groups is 1. The standard InChI is InChI=1S/C29H37NO6SSi.Na/c1-27(2,3)38(6,7)36-21-18-29(21)25(32)30-23(28(4,5)37(33,34)26(29)30)24(31)35-22(19-14-10-8-11-15-19)20-16-12-9-13-17-20;/h8-17,21-23,26H,18H2,1-7H3;/q;+1/t21?,23-,26+,29-;/m0./s1. The molecule has 1 unspecified atom stereocenters. The van der Waals surface area contributed by atoms with Crippen molar-refractivity contribution in [2.24, 2.45) is 5.41 Å². The summed E-state index contributed by atoms with van der Waals surface area (Å²) in [5.74, 6) is -1.04. The number of hydrogen-bond donors (Lipinski definition) is 0. The van der Waals surface area contributed by atoms with Crippen molar-refractivity contribution >= 4 is 30.0 Å². The largest absolute Gasteiger partial charge is 1.00 e. The molecule has 0 bridgehead atoms. The fourth-order valence-electron chi connectivity index (χ4n) is 5.67. The molecule has 0 radical (unpaired) electrons. The molecule has 2 saturated heterocycles. The summed E-state index contributed by atoms with van der Waals surface area (Å²) in [6.07, 6.45) is -0.810. The molecule has 5 rings (SSSR count). The zero-order valence-electron chi connectivity index (χ0n) is 24.1. The van der Waals surface area contributed by atoms with Crippen LogP contribution in [0.4, 0.5) is 0 Å². The van der Waals surface area contributed by atoms with Gasteiger partial charge in [0.1, 0.15) is 11.5 Å². The number of hydrogen-bond acceptors (Lipinski definition) is 6. The maximum Gasteiger partial charge on any atom is 1.00 e. The molecule has 0 N–H and O–H groups in total. The van der Waals surface area contributed by atoms with E-state index in [9.17, 15) is 18.0 Å². The quantitative estimate of drug-likeness (QED) is 0.295. The van der Waals surface area contributed by atoms with Crippen LogP contribution in [0.15, 0.2) is 60.7 Å². The van der Waals surface area contributed by atoms with E-state index in [2.05, 4.69) is 33.9 Å². The molecule has 2 aromatic rings. The van der Waals surface area contributed by atoms with Gasteiger partial charge in [0, 0.05) is 0 Å². The Morgan fingerprint density at radius 1 is 1.00 bits per heavy atom. The third-order valence-electron chi connectivity index (χ3n) is 9.13. The Morgan fingerprint density at radius 2 is 1.49 bits per heavy atom. The number of nitrogens with zero attached hydrogens (tertiary/aromatic N) is 1. The Labute approximate surface area is 255 Å². The van der Waals surface area contributed by atoms with Gasteiger partial charge in [-0.15, -0.1) is 0 Å². The van der Waals surface area contributed by atoms with E-state index < -0.39 is 57.9 Å². The van der Waals surface area contributed by atoms with E-state index in [1.54, 1.807) is 0 Å². The number of ether oxygens (including phenoxy) is 1. The summed E-state index contributed by atoms with van der Waals surface area (Å²) in [5.41, 5.74) is 0.427. The fraction of sp³-hybridized carbons (Fsp3) is 0.517. The number of benzene rings is 2. The SMILES string of the molecule is CC(C)(C)[Si](C)(C)OC1C[C@@]12C(=O)N1[C@@H](C(=O)OC(c3ccccc3)c3ccccc3)C(C)(C)S(=O)(=O)[C@@H]12.[Na+]. The second kappa shape index (κ2) is 9.81. The smallest absolute Gasteiger partial charge is 0.451 e. The van der Waals surface area contributed by atoms with Crippen molar-refractivity contribution in [3.8, 4) is 0 Å². The second-order valence-corrected chi connectivity index (χ2v) is 20.2. The van der Waals surface area contributed by atoms with Gasteiger partial charge in [0.15, 0.2) is 29.6 Å². The predicted molar refractivity (Wildman–Crippen MR) is 147 cm³/mol. The number of rotatable bonds is 6. The van der Waals surface area contributed by atoms with Crippen LogP contribution in [0.2, 0.25) is 18.1 Å².